The predicted octanol–water partition coefficient (Wildman–Crippen LogP) is 3.24. The molecule has 0 aliphatic heterocycles. The number of aromatic nitrogens is 2. The lowest BCUT2D eigenvalue weighted by Crippen LogP contribution is -2.21. The molecule has 154 valence electrons. The van der Waals surface area contributed by atoms with Gasteiger partial charge >= 0.3 is 5.97 Å². The summed E-state index contributed by atoms with van der Waals surface area (Å²) in [5.41, 5.74) is 4.22. The van der Waals surface area contributed by atoms with Crippen LogP contribution in [0.5, 0.6) is 0 Å². The van der Waals surface area contributed by atoms with Crippen molar-refractivity contribution in [1.82, 2.24) is 9.78 Å². The van der Waals surface area contributed by atoms with E-state index in [1.54, 1.807) is 53.2 Å². The number of hydrogen-bond donors (Lipinski definition) is 2. The Bertz CT molecular complexity index is 1070. The molecule has 2 N–H and O–H groups in total. The Balaban J connectivity index is 1.53. The Hall–Kier alpha value is -3.94. The summed E-state index contributed by atoms with van der Waals surface area (Å²) < 4.78 is 6.87. The average molecular weight is 406 g/mol. The average Bonchev–Trinajstić information content (AvgIpc) is 3.05. The van der Waals surface area contributed by atoms with Crippen LogP contribution in [0.1, 0.15) is 28.7 Å². The lowest BCUT2D eigenvalue weighted by molar-refractivity contribution is -0.119. The Morgan fingerprint density at radius 2 is 1.53 bits per heavy atom. The highest BCUT2D eigenvalue weighted by molar-refractivity contribution is 5.96. The number of ether oxygens (including phenoxy) is 1. The summed E-state index contributed by atoms with van der Waals surface area (Å²) in [6.07, 6.45) is 0. The summed E-state index contributed by atoms with van der Waals surface area (Å²) in [5.74, 6) is -1.23. The van der Waals surface area contributed by atoms with E-state index in [0.717, 1.165) is 17.1 Å². The summed E-state index contributed by atoms with van der Waals surface area (Å²) in [4.78, 5) is 35.2. The second-order valence-corrected chi connectivity index (χ2v) is 6.77. The highest BCUT2D eigenvalue weighted by Crippen LogP contribution is 2.15. The highest BCUT2D eigenvalue weighted by atomic mass is 16.5. The first-order valence-electron chi connectivity index (χ1n) is 9.30. The van der Waals surface area contributed by atoms with Gasteiger partial charge in [-0.15, -0.1) is 0 Å². The van der Waals surface area contributed by atoms with E-state index in [2.05, 4.69) is 15.7 Å². The van der Waals surface area contributed by atoms with Crippen molar-refractivity contribution in [3.8, 4) is 5.69 Å². The maximum Gasteiger partial charge on any atom is 0.338 e. The number of aryl methyl sites for hydroxylation is 2. The molecule has 30 heavy (non-hydrogen) atoms. The first-order valence-corrected chi connectivity index (χ1v) is 9.30. The lowest BCUT2D eigenvalue weighted by Gasteiger charge is -2.09. The zero-order chi connectivity index (χ0) is 21.7. The summed E-state index contributed by atoms with van der Waals surface area (Å²) in [6.45, 7) is 4.87. The second-order valence-electron chi connectivity index (χ2n) is 6.77. The van der Waals surface area contributed by atoms with E-state index in [1.165, 1.54) is 6.92 Å². The fraction of sp³-hybridized carbons (Fsp3) is 0.182. The lowest BCUT2D eigenvalue weighted by atomic mass is 10.2. The molecule has 0 atom stereocenters. The third kappa shape index (κ3) is 5.32. The second kappa shape index (κ2) is 9.04. The molecule has 0 fully saturated rings. The van der Waals surface area contributed by atoms with Crippen molar-refractivity contribution < 1.29 is 19.1 Å². The van der Waals surface area contributed by atoms with Crippen LogP contribution < -0.4 is 10.6 Å². The molecule has 2 amide bonds. The van der Waals surface area contributed by atoms with Gasteiger partial charge in [0.25, 0.3) is 5.91 Å². The summed E-state index contributed by atoms with van der Waals surface area (Å²) in [7, 11) is 0. The van der Waals surface area contributed by atoms with Crippen LogP contribution in [0.4, 0.5) is 11.4 Å². The summed E-state index contributed by atoms with van der Waals surface area (Å²) in [6, 6.07) is 15.4. The van der Waals surface area contributed by atoms with Crippen molar-refractivity contribution >= 4 is 29.2 Å². The van der Waals surface area contributed by atoms with Gasteiger partial charge in [-0.3, -0.25) is 9.59 Å². The van der Waals surface area contributed by atoms with Crippen molar-refractivity contribution in [2.45, 2.75) is 20.8 Å². The minimum Gasteiger partial charge on any atom is -0.452 e. The van der Waals surface area contributed by atoms with Crippen LogP contribution in [0.3, 0.4) is 0 Å². The molecule has 0 bridgehead atoms. The number of anilines is 2. The minimum absolute atomic E-state index is 0.179. The first kappa shape index (κ1) is 20.8. The molecule has 1 heterocycles. The molecule has 8 nitrogen and oxygen atoms in total. The fourth-order valence-corrected chi connectivity index (χ4v) is 2.88. The van der Waals surface area contributed by atoms with Gasteiger partial charge in [-0.05, 0) is 68.4 Å². The van der Waals surface area contributed by atoms with Crippen LogP contribution in [0.25, 0.3) is 5.69 Å². The van der Waals surface area contributed by atoms with E-state index in [1.807, 2.05) is 19.9 Å². The normalized spacial score (nSPS) is 10.4. The standard InChI is InChI=1S/C22H22N4O4/c1-14-12-15(2)26(25-14)20-10-4-17(5-11-20)22(29)30-13-21(28)24-19-8-6-18(7-9-19)23-16(3)27/h4-12H,13H2,1-3H3,(H,23,27)(H,24,28). The molecule has 0 radical (unpaired) electrons. The predicted molar refractivity (Wildman–Crippen MR) is 113 cm³/mol. The number of amides is 2. The fourth-order valence-electron chi connectivity index (χ4n) is 2.88. The van der Waals surface area contributed by atoms with E-state index in [0.29, 0.717) is 16.9 Å². The molecule has 0 saturated heterocycles. The summed E-state index contributed by atoms with van der Waals surface area (Å²) >= 11 is 0. The largest absolute Gasteiger partial charge is 0.452 e. The van der Waals surface area contributed by atoms with Gasteiger partial charge in [0.2, 0.25) is 5.91 Å². The Morgan fingerprint density at radius 3 is 2.07 bits per heavy atom. The number of carbonyl (C=O) groups excluding carboxylic acids is 3. The monoisotopic (exact) mass is 406 g/mol. The smallest absolute Gasteiger partial charge is 0.338 e. The molecule has 0 unspecified atom stereocenters. The van der Waals surface area contributed by atoms with Crippen LogP contribution in [-0.4, -0.2) is 34.2 Å². The van der Waals surface area contributed by atoms with Crippen LogP contribution in [-0.2, 0) is 14.3 Å². The molecule has 2 aromatic carbocycles. The highest BCUT2D eigenvalue weighted by Gasteiger charge is 2.12. The molecule has 3 aromatic rings. The SMILES string of the molecule is CC(=O)Nc1ccc(NC(=O)COC(=O)c2ccc(-n3nc(C)cc3C)cc2)cc1. The number of esters is 1. The Kier molecular flexibility index (Phi) is 6.26. The number of nitrogens with zero attached hydrogens (tertiary/aromatic N) is 2. The van der Waals surface area contributed by atoms with Crippen LogP contribution in [0.2, 0.25) is 0 Å². The van der Waals surface area contributed by atoms with Gasteiger partial charge in [0.1, 0.15) is 0 Å². The molecule has 3 rings (SSSR count). The van der Waals surface area contributed by atoms with Gasteiger partial charge in [-0.1, -0.05) is 0 Å². The van der Waals surface area contributed by atoms with Gasteiger partial charge in [0, 0.05) is 24.0 Å². The van der Waals surface area contributed by atoms with Gasteiger partial charge in [-0.25, -0.2) is 9.48 Å². The molecular formula is C22H22N4O4. The van der Waals surface area contributed by atoms with Crippen LogP contribution in [0.15, 0.2) is 54.6 Å². The van der Waals surface area contributed by atoms with E-state index < -0.39 is 18.5 Å². The van der Waals surface area contributed by atoms with Crippen molar-refractivity contribution in [3.63, 3.8) is 0 Å². The van der Waals surface area contributed by atoms with Crippen molar-refractivity contribution in [1.29, 1.82) is 0 Å². The Morgan fingerprint density at radius 1 is 0.933 bits per heavy atom. The number of nitrogens with one attached hydrogen (secondary N) is 2. The molecule has 0 spiro atoms. The minimum atomic E-state index is -0.592. The zero-order valence-corrected chi connectivity index (χ0v) is 16.9. The number of hydrogen-bond acceptors (Lipinski definition) is 5. The first-order chi connectivity index (χ1) is 14.3. The summed E-state index contributed by atoms with van der Waals surface area (Å²) in [5, 5.41) is 9.66. The number of rotatable bonds is 6. The van der Waals surface area contributed by atoms with Crippen LogP contribution in [0, 0.1) is 13.8 Å². The molecule has 0 aliphatic rings. The molecule has 0 saturated carbocycles. The van der Waals surface area contributed by atoms with Crippen molar-refractivity contribution in [3.05, 3.63) is 71.5 Å². The van der Waals surface area contributed by atoms with Gasteiger partial charge in [-0.2, -0.15) is 5.10 Å². The maximum atomic E-state index is 12.2. The maximum absolute atomic E-state index is 12.2. The van der Waals surface area contributed by atoms with Gasteiger partial charge < -0.3 is 15.4 Å². The van der Waals surface area contributed by atoms with E-state index in [9.17, 15) is 14.4 Å². The third-order valence-corrected chi connectivity index (χ3v) is 4.18. The van der Waals surface area contributed by atoms with Crippen molar-refractivity contribution in [2.75, 3.05) is 17.2 Å². The van der Waals surface area contributed by atoms with Crippen LogP contribution >= 0.6 is 0 Å². The third-order valence-electron chi connectivity index (χ3n) is 4.18. The molecule has 0 aliphatic carbocycles. The quantitative estimate of drug-likeness (QED) is 0.612. The zero-order valence-electron chi connectivity index (χ0n) is 16.9. The molecule has 8 heteroatoms. The van der Waals surface area contributed by atoms with E-state index in [-0.39, 0.29) is 5.91 Å². The van der Waals surface area contributed by atoms with Crippen molar-refractivity contribution in [2.24, 2.45) is 0 Å². The topological polar surface area (TPSA) is 102 Å². The number of carbonyl (C=O) groups is 3. The number of benzene rings is 2. The van der Waals surface area contributed by atoms with Gasteiger partial charge in [0.15, 0.2) is 6.61 Å². The van der Waals surface area contributed by atoms with Gasteiger partial charge in [0.05, 0.1) is 16.9 Å². The van der Waals surface area contributed by atoms with E-state index in [4.69, 9.17) is 4.74 Å². The molecular weight excluding hydrogens is 384 g/mol. The van der Waals surface area contributed by atoms with E-state index >= 15 is 0 Å². The molecule has 1 aromatic heterocycles. The Labute approximate surface area is 173 Å².